The number of carbonyl (C=O) groups excluding carboxylic acids is 6. The van der Waals surface area contributed by atoms with Crippen LogP contribution >= 0.6 is 34.0 Å². The van der Waals surface area contributed by atoms with E-state index >= 15 is 0 Å². The van der Waals surface area contributed by atoms with Crippen molar-refractivity contribution in [3.05, 3.63) is 114 Å². The number of carboxylic acid groups (broad SMARTS) is 2. The van der Waals surface area contributed by atoms with E-state index in [0.29, 0.717) is 57.6 Å². The second-order valence-corrected chi connectivity index (χ2v) is 26.3. The van der Waals surface area contributed by atoms with Crippen LogP contribution in [-0.4, -0.2) is 144 Å². The van der Waals surface area contributed by atoms with Gasteiger partial charge in [0.25, 0.3) is 11.8 Å². The molecule has 0 unspecified atom stereocenters. The number of methoxy groups -OCH3 is 2. The van der Waals surface area contributed by atoms with Gasteiger partial charge in [-0.15, -0.1) is 34.0 Å². The Morgan fingerprint density at radius 2 is 0.859 bits per heavy atom. The van der Waals surface area contributed by atoms with Crippen molar-refractivity contribution in [2.75, 3.05) is 51.0 Å². The third-order valence-corrected chi connectivity index (χ3v) is 17.9. The first kappa shape index (κ1) is 65.3. The normalized spacial score (nSPS) is 19.4. The number of hydrogen-bond donors (Lipinski definition) is 4. The van der Waals surface area contributed by atoms with Crippen molar-refractivity contribution < 1.29 is 103 Å². The van der Waals surface area contributed by atoms with Crippen LogP contribution in [0.1, 0.15) is 150 Å². The van der Waals surface area contributed by atoms with Crippen LogP contribution in [0.25, 0.3) is 22.1 Å². The van der Waals surface area contributed by atoms with Crippen molar-refractivity contribution in [3.63, 3.8) is 0 Å². The Balaban J connectivity index is 0.000000200. The maximum absolute atomic E-state index is 13.0. The number of aromatic nitrogens is 4. The summed E-state index contributed by atoms with van der Waals surface area (Å²) >= 11 is 2.92. The minimum atomic E-state index is -1.06. The van der Waals surface area contributed by atoms with Crippen LogP contribution in [0.5, 0.6) is 0 Å². The number of carboxylic acids is 2. The maximum atomic E-state index is 13.0. The van der Waals surface area contributed by atoms with Gasteiger partial charge in [-0.3, -0.25) is 20.2 Å². The number of para-hydroxylation sites is 4. The minimum Gasteiger partial charge on any atom is -0.870 e. The van der Waals surface area contributed by atoms with Gasteiger partial charge in [-0.25, -0.2) is 38.7 Å². The number of benzene rings is 2. The molecular formula is C58H65N8NaO15S3. The standard InChI is InChI=1S/C26H30N4O5S.C25H28N4O5S.C7H6O4S.Na.H2O/c1-25(2,3)35-24(33)29-12-11-26(15-29)13-16(14-26)30-18-8-6-5-7-17(18)27-23(30)28-21(31)19-9-10-20(36-19)22(32)34-4;1-24(2,3)34-23(33)28-11-10-25(14-28)12-15(13-25)29-17-7-5-4-6-16(17)26-22(29)27-20(30)18-8-9-19(35-18)21(31)32;1-11-7(10)5-3-2-4(12-5)6(8)9;;/h5-10,16H,11-15H2,1-4H3,(H,27,28,31);4-9,15H,10-14H2,1-3H3,(H,31,32)(H,26,27,30);2-3H,1H3,(H,8,9);;1H2/q;;;+1;/p-1. The van der Waals surface area contributed by atoms with Crippen LogP contribution in [0.3, 0.4) is 0 Å². The number of hydrogen-bond acceptors (Lipinski definition) is 18. The molecule has 7 aromatic rings. The van der Waals surface area contributed by atoms with E-state index in [-0.39, 0.29) is 91.7 Å². The number of fused-ring (bicyclic) bond motifs is 2. The van der Waals surface area contributed by atoms with Crippen LogP contribution in [0, 0.1) is 10.8 Å². The SMILES string of the molecule is CC(C)(C)OC(=O)N1CCC2(CC(n3c(NC(=O)c4ccc(C(=O)O)s4)nc4ccccc43)C2)C1.COC(=O)c1ccc(C(=O)Nc2nc3ccccc3n2C2CC3(CCN(C(=O)OC(C)(C)C)C3)C2)s1.COC(=O)c1ccc(C(=O)O)s1.[Na+].[OH-]. The molecule has 5 N–H and O–H groups in total. The Bertz CT molecular complexity index is 3650. The molecule has 0 atom stereocenters. The molecule has 11 rings (SSSR count). The summed E-state index contributed by atoms with van der Waals surface area (Å²) in [6.07, 6.45) is 4.85. The number of imidazole rings is 2. The summed E-state index contributed by atoms with van der Waals surface area (Å²) in [6.45, 7) is 14.0. The summed E-state index contributed by atoms with van der Waals surface area (Å²) < 4.78 is 24.4. The molecule has 4 aliphatic rings. The molecular weight excluding hydrogens is 1170 g/mol. The Kier molecular flexibility index (Phi) is 20.1. The van der Waals surface area contributed by atoms with Crippen LogP contribution < -0.4 is 40.2 Å². The van der Waals surface area contributed by atoms with E-state index in [9.17, 15) is 38.4 Å². The predicted octanol–water partition coefficient (Wildman–Crippen LogP) is 8.17. The van der Waals surface area contributed by atoms with Crippen molar-refractivity contribution >= 4 is 116 Å². The molecule has 27 heteroatoms. The molecule has 2 aliphatic carbocycles. The molecule has 85 heavy (non-hydrogen) atoms. The number of anilines is 2. The van der Waals surface area contributed by atoms with Gasteiger partial charge in [-0.1, -0.05) is 24.3 Å². The molecule has 0 radical (unpaired) electrons. The third kappa shape index (κ3) is 14.9. The van der Waals surface area contributed by atoms with Gasteiger partial charge in [0, 0.05) is 38.3 Å². The number of likely N-dealkylation sites (tertiary alicyclic amines) is 2. The molecule has 4 fully saturated rings. The van der Waals surface area contributed by atoms with Gasteiger partial charge in [-0.05, 0) is 152 Å². The summed E-state index contributed by atoms with van der Waals surface area (Å²) in [4.78, 5) is 110. The van der Waals surface area contributed by atoms with Crippen molar-refractivity contribution in [1.82, 2.24) is 28.9 Å². The van der Waals surface area contributed by atoms with Gasteiger partial charge in [0.05, 0.1) is 46.0 Å². The molecule has 4 amide bonds. The number of nitrogens with one attached hydrogen (secondary N) is 2. The third-order valence-electron chi connectivity index (χ3n) is 14.7. The topological polar surface area (TPSA) is 310 Å². The minimum absolute atomic E-state index is 0. The number of esters is 2. The molecule has 446 valence electrons. The zero-order valence-corrected chi connectivity index (χ0v) is 52.9. The van der Waals surface area contributed by atoms with E-state index < -0.39 is 35.1 Å². The fourth-order valence-electron chi connectivity index (χ4n) is 11.0. The number of aromatic carboxylic acids is 2. The fourth-order valence-corrected chi connectivity index (χ4v) is 13.3. The Morgan fingerprint density at radius 3 is 1.20 bits per heavy atom. The van der Waals surface area contributed by atoms with Crippen molar-refractivity contribution in [3.8, 4) is 0 Å². The average Bonchev–Trinajstić information content (AvgIpc) is 2.01. The predicted molar refractivity (Wildman–Crippen MR) is 313 cm³/mol. The second-order valence-electron chi connectivity index (χ2n) is 23.0. The van der Waals surface area contributed by atoms with Gasteiger partial charge in [0.2, 0.25) is 11.9 Å². The van der Waals surface area contributed by atoms with Gasteiger partial charge in [0.15, 0.2) is 0 Å². The van der Waals surface area contributed by atoms with Gasteiger partial charge >= 0.3 is 65.6 Å². The van der Waals surface area contributed by atoms with Crippen molar-refractivity contribution in [2.45, 2.75) is 103 Å². The summed E-state index contributed by atoms with van der Waals surface area (Å²) in [6, 6.07) is 24.8. The molecule has 2 aliphatic heterocycles. The molecule has 2 spiro atoms. The summed E-state index contributed by atoms with van der Waals surface area (Å²) in [5.41, 5.74) is 2.53. The molecule has 5 aromatic heterocycles. The van der Waals surface area contributed by atoms with Crippen molar-refractivity contribution in [1.29, 1.82) is 0 Å². The van der Waals surface area contributed by atoms with E-state index in [2.05, 4.69) is 29.5 Å². The van der Waals surface area contributed by atoms with E-state index in [0.717, 1.165) is 94.6 Å². The fraction of sp³-hybridized carbons (Fsp3) is 0.414. The monoisotopic (exact) mass is 1230 g/mol. The molecule has 2 aromatic carbocycles. The van der Waals surface area contributed by atoms with E-state index in [1.165, 1.54) is 38.5 Å². The van der Waals surface area contributed by atoms with Gasteiger partial charge in [-0.2, -0.15) is 0 Å². The first-order valence-electron chi connectivity index (χ1n) is 26.7. The Labute approximate surface area is 523 Å². The van der Waals surface area contributed by atoms with Crippen molar-refractivity contribution in [2.24, 2.45) is 10.8 Å². The Morgan fingerprint density at radius 1 is 0.529 bits per heavy atom. The largest absolute Gasteiger partial charge is 1.00 e. The van der Waals surface area contributed by atoms with Crippen LogP contribution in [0.2, 0.25) is 0 Å². The van der Waals surface area contributed by atoms with Gasteiger partial charge in [0.1, 0.15) is 30.7 Å². The zero-order chi connectivity index (χ0) is 59.8. The first-order chi connectivity index (χ1) is 39.3. The van der Waals surface area contributed by atoms with E-state index in [1.807, 2.05) is 95.0 Å². The molecule has 23 nitrogen and oxygen atoms in total. The maximum Gasteiger partial charge on any atom is 1.00 e. The smallest absolute Gasteiger partial charge is 0.870 e. The number of carbonyl (C=O) groups is 8. The quantitative estimate of drug-likeness (QED) is 0.0570. The van der Waals surface area contributed by atoms with Gasteiger partial charge < -0.3 is 53.6 Å². The second kappa shape index (κ2) is 26.2. The Hall–Kier alpha value is -7.20. The van der Waals surface area contributed by atoms with E-state index in [4.69, 9.17) is 29.4 Å². The number of amides is 4. The molecule has 0 bridgehead atoms. The van der Waals surface area contributed by atoms with Crippen LogP contribution in [0.15, 0.2) is 84.9 Å². The number of ether oxygens (including phenoxy) is 4. The number of rotatable bonds is 10. The summed E-state index contributed by atoms with van der Waals surface area (Å²) in [5, 5.41) is 23.5. The molecule has 2 saturated heterocycles. The summed E-state index contributed by atoms with van der Waals surface area (Å²) in [5.74, 6) is -2.84. The van der Waals surface area contributed by atoms with E-state index in [1.54, 1.807) is 17.0 Å². The zero-order valence-electron chi connectivity index (χ0n) is 48.5. The number of thiophene rings is 3. The first-order valence-corrected chi connectivity index (χ1v) is 29.2. The summed E-state index contributed by atoms with van der Waals surface area (Å²) in [7, 11) is 2.56. The average molecular weight is 1230 g/mol. The molecule has 7 heterocycles. The molecule has 2 saturated carbocycles. The van der Waals surface area contributed by atoms with Crippen LogP contribution in [-0.2, 0) is 18.9 Å². The van der Waals surface area contributed by atoms with Crippen LogP contribution in [0.4, 0.5) is 21.5 Å². The number of nitrogens with zero attached hydrogens (tertiary/aromatic N) is 6.